The Kier molecular flexibility index (Phi) is 7.75. The van der Waals surface area contributed by atoms with Gasteiger partial charge in [0.2, 0.25) is 5.91 Å². The number of hydrogen-bond acceptors (Lipinski definition) is 4. The van der Waals surface area contributed by atoms with Crippen molar-refractivity contribution in [2.24, 2.45) is 11.8 Å². The Balaban J connectivity index is 1.58. The fraction of sp³-hybridized carbons (Fsp3) is 0.652. The lowest BCUT2D eigenvalue weighted by Crippen LogP contribution is -2.48. The van der Waals surface area contributed by atoms with Crippen LogP contribution in [-0.4, -0.2) is 61.8 Å². The van der Waals surface area contributed by atoms with Crippen LogP contribution in [0.5, 0.6) is 0 Å². The molecule has 2 aliphatic rings. The monoisotopic (exact) mass is 434 g/mol. The average molecular weight is 435 g/mol. The molecule has 3 amide bonds. The highest BCUT2D eigenvalue weighted by atomic mass is 19.1. The van der Waals surface area contributed by atoms with Crippen LogP contribution in [0.4, 0.5) is 20.6 Å². The van der Waals surface area contributed by atoms with Crippen LogP contribution in [-0.2, 0) is 9.53 Å². The maximum atomic E-state index is 14.8. The van der Waals surface area contributed by atoms with Crippen LogP contribution in [0, 0.1) is 17.7 Å². The molecule has 3 atom stereocenters. The van der Waals surface area contributed by atoms with Gasteiger partial charge in [-0.3, -0.25) is 4.79 Å². The maximum Gasteiger partial charge on any atom is 0.317 e. The molecular weight excluding hydrogens is 399 g/mol. The third-order valence-electron chi connectivity index (χ3n) is 5.72. The summed E-state index contributed by atoms with van der Waals surface area (Å²) < 4.78 is 20.5. The Morgan fingerprint density at radius 3 is 2.55 bits per heavy atom. The maximum absolute atomic E-state index is 14.8. The summed E-state index contributed by atoms with van der Waals surface area (Å²) >= 11 is 0. The van der Waals surface area contributed by atoms with Crippen molar-refractivity contribution in [3.05, 3.63) is 24.0 Å². The Hall–Kier alpha value is -2.35. The van der Waals surface area contributed by atoms with Gasteiger partial charge in [-0.25, -0.2) is 9.18 Å². The van der Waals surface area contributed by atoms with Crippen LogP contribution < -0.4 is 15.5 Å². The number of piperidine rings is 1. The van der Waals surface area contributed by atoms with Crippen molar-refractivity contribution in [3.63, 3.8) is 0 Å². The standard InChI is InChI=1S/C23H35FN4O3/c1-15(2)11-25-23(30)27-9-5-6-18(14-27)22(29)26-19-7-8-21(20(24)10-19)28-12-16(3)31-17(4)13-28/h7-8,10,15-18H,5-6,9,11-14H2,1-4H3,(H,25,30)(H,26,29)/t16-,17-,18-/m0/s1. The molecule has 8 heteroatoms. The zero-order valence-electron chi connectivity index (χ0n) is 19.0. The van der Waals surface area contributed by atoms with Gasteiger partial charge >= 0.3 is 6.03 Å². The first-order valence-corrected chi connectivity index (χ1v) is 11.3. The van der Waals surface area contributed by atoms with E-state index in [2.05, 4.69) is 10.6 Å². The molecular formula is C23H35FN4O3. The molecule has 1 aromatic rings. The van der Waals surface area contributed by atoms with Crippen molar-refractivity contribution in [3.8, 4) is 0 Å². The molecule has 0 saturated carbocycles. The number of halogens is 1. The zero-order chi connectivity index (χ0) is 22.5. The van der Waals surface area contributed by atoms with Gasteiger partial charge in [0.1, 0.15) is 5.82 Å². The summed E-state index contributed by atoms with van der Waals surface area (Å²) in [6.07, 6.45) is 1.56. The number of carbonyl (C=O) groups is 2. The number of nitrogens with one attached hydrogen (secondary N) is 2. The van der Waals surface area contributed by atoms with E-state index in [-0.39, 0.29) is 35.9 Å². The highest BCUT2D eigenvalue weighted by Gasteiger charge is 2.29. The van der Waals surface area contributed by atoms with Gasteiger partial charge in [0.05, 0.1) is 23.8 Å². The third-order valence-corrected chi connectivity index (χ3v) is 5.72. The first kappa shape index (κ1) is 23.3. The van der Waals surface area contributed by atoms with Crippen molar-refractivity contribution in [2.45, 2.75) is 52.7 Å². The summed E-state index contributed by atoms with van der Waals surface area (Å²) in [5.41, 5.74) is 0.952. The Morgan fingerprint density at radius 1 is 1.19 bits per heavy atom. The number of likely N-dealkylation sites (tertiary alicyclic amines) is 1. The van der Waals surface area contributed by atoms with E-state index >= 15 is 0 Å². The summed E-state index contributed by atoms with van der Waals surface area (Å²) in [7, 11) is 0. The van der Waals surface area contributed by atoms with Gasteiger partial charge in [-0.15, -0.1) is 0 Å². The fourth-order valence-corrected chi connectivity index (χ4v) is 4.24. The van der Waals surface area contributed by atoms with Gasteiger partial charge in [0.15, 0.2) is 0 Å². The van der Waals surface area contributed by atoms with E-state index in [0.717, 1.165) is 6.42 Å². The summed E-state index contributed by atoms with van der Waals surface area (Å²) in [6, 6.07) is 4.68. The molecule has 2 N–H and O–H groups in total. The summed E-state index contributed by atoms with van der Waals surface area (Å²) in [5, 5.41) is 5.73. The quantitative estimate of drug-likeness (QED) is 0.744. The molecule has 1 aromatic carbocycles. The summed E-state index contributed by atoms with van der Waals surface area (Å²) in [6.45, 7) is 10.9. The van der Waals surface area contributed by atoms with Gasteiger partial charge in [-0.2, -0.15) is 0 Å². The van der Waals surface area contributed by atoms with Gasteiger partial charge in [-0.1, -0.05) is 13.8 Å². The van der Waals surface area contributed by atoms with E-state index in [1.54, 1.807) is 17.0 Å². The molecule has 0 aliphatic carbocycles. The van der Waals surface area contributed by atoms with E-state index in [0.29, 0.717) is 56.4 Å². The lowest BCUT2D eigenvalue weighted by molar-refractivity contribution is -0.121. The number of carbonyl (C=O) groups excluding carboxylic acids is 2. The van der Waals surface area contributed by atoms with Crippen LogP contribution in [0.3, 0.4) is 0 Å². The molecule has 2 saturated heterocycles. The largest absolute Gasteiger partial charge is 0.372 e. The van der Waals surface area contributed by atoms with Crippen LogP contribution in [0.25, 0.3) is 0 Å². The van der Waals surface area contributed by atoms with Gasteiger partial charge in [0.25, 0.3) is 0 Å². The van der Waals surface area contributed by atoms with Crippen LogP contribution in [0.1, 0.15) is 40.5 Å². The lowest BCUT2D eigenvalue weighted by Gasteiger charge is -2.37. The first-order valence-electron chi connectivity index (χ1n) is 11.3. The predicted molar refractivity (Wildman–Crippen MR) is 120 cm³/mol. The fourth-order valence-electron chi connectivity index (χ4n) is 4.24. The van der Waals surface area contributed by atoms with E-state index in [4.69, 9.17) is 4.74 Å². The number of rotatable bonds is 5. The number of hydrogen-bond donors (Lipinski definition) is 2. The topological polar surface area (TPSA) is 73.9 Å². The number of benzene rings is 1. The van der Waals surface area contributed by atoms with Gasteiger partial charge in [0, 0.05) is 38.4 Å². The van der Waals surface area contributed by atoms with E-state index < -0.39 is 0 Å². The molecule has 0 spiro atoms. The molecule has 0 unspecified atom stereocenters. The molecule has 2 fully saturated rings. The van der Waals surface area contributed by atoms with Crippen molar-refractivity contribution >= 4 is 23.3 Å². The molecule has 2 aliphatic heterocycles. The Bertz CT molecular complexity index is 778. The second-order valence-electron chi connectivity index (χ2n) is 9.18. The zero-order valence-corrected chi connectivity index (χ0v) is 19.0. The SMILES string of the molecule is CC(C)CNC(=O)N1CCC[C@H](C(=O)Nc2ccc(N3C[C@H](C)O[C@@H](C)C3)c(F)c2)C1. The molecule has 0 radical (unpaired) electrons. The Morgan fingerprint density at radius 2 is 1.90 bits per heavy atom. The van der Waals surface area contributed by atoms with Crippen molar-refractivity contribution in [1.82, 2.24) is 10.2 Å². The minimum Gasteiger partial charge on any atom is -0.372 e. The van der Waals surface area contributed by atoms with Gasteiger partial charge in [-0.05, 0) is 50.8 Å². The highest BCUT2D eigenvalue weighted by molar-refractivity contribution is 5.93. The van der Waals surface area contributed by atoms with Gasteiger partial charge < -0.3 is 25.2 Å². The summed E-state index contributed by atoms with van der Waals surface area (Å²) in [4.78, 5) is 28.8. The van der Waals surface area contributed by atoms with Crippen LogP contribution in [0.15, 0.2) is 18.2 Å². The van der Waals surface area contributed by atoms with Crippen molar-refractivity contribution in [1.29, 1.82) is 0 Å². The minimum absolute atomic E-state index is 0.0366. The molecule has 7 nitrogen and oxygen atoms in total. The van der Waals surface area contributed by atoms with Crippen molar-refractivity contribution < 1.29 is 18.7 Å². The van der Waals surface area contributed by atoms with Crippen LogP contribution in [0.2, 0.25) is 0 Å². The molecule has 2 heterocycles. The number of nitrogens with zero attached hydrogens (tertiary/aromatic N) is 2. The molecule has 3 rings (SSSR count). The van der Waals surface area contributed by atoms with E-state index in [1.807, 2.05) is 32.6 Å². The highest BCUT2D eigenvalue weighted by Crippen LogP contribution is 2.27. The second-order valence-corrected chi connectivity index (χ2v) is 9.18. The first-order chi connectivity index (χ1) is 14.7. The minimum atomic E-state index is -0.363. The van der Waals surface area contributed by atoms with E-state index in [1.165, 1.54) is 6.07 Å². The molecule has 0 aromatic heterocycles. The summed E-state index contributed by atoms with van der Waals surface area (Å²) in [5.74, 6) is -0.476. The third kappa shape index (κ3) is 6.32. The van der Waals surface area contributed by atoms with E-state index in [9.17, 15) is 14.0 Å². The number of anilines is 2. The number of ether oxygens (including phenoxy) is 1. The number of morpholine rings is 1. The predicted octanol–water partition coefficient (Wildman–Crippen LogP) is 3.46. The Labute approximate surface area is 184 Å². The van der Waals surface area contributed by atoms with Crippen LogP contribution >= 0.6 is 0 Å². The lowest BCUT2D eigenvalue weighted by atomic mass is 9.97. The smallest absolute Gasteiger partial charge is 0.317 e. The van der Waals surface area contributed by atoms with Crippen molar-refractivity contribution in [2.75, 3.05) is 42.9 Å². The number of amides is 3. The molecule has 0 bridgehead atoms. The number of urea groups is 1. The normalized spacial score (nSPS) is 24.3. The second kappa shape index (κ2) is 10.3. The molecule has 31 heavy (non-hydrogen) atoms. The average Bonchev–Trinajstić information content (AvgIpc) is 2.71. The molecule has 172 valence electrons.